The molecular weight excluding hydrogens is 384 g/mol. The fourth-order valence-electron chi connectivity index (χ4n) is 4.21. The smallest absolute Gasteiger partial charge is 0.234 e. The minimum absolute atomic E-state index is 0.0446. The summed E-state index contributed by atoms with van der Waals surface area (Å²) >= 11 is 0. The maximum Gasteiger partial charge on any atom is 0.234 e. The van der Waals surface area contributed by atoms with E-state index in [0.717, 1.165) is 24.3 Å². The Labute approximate surface area is 179 Å². The van der Waals surface area contributed by atoms with Gasteiger partial charge in [-0.1, -0.05) is 24.4 Å². The summed E-state index contributed by atoms with van der Waals surface area (Å²) in [6.45, 7) is 8.17. The van der Waals surface area contributed by atoms with Crippen LogP contribution in [0.1, 0.15) is 55.5 Å². The van der Waals surface area contributed by atoms with Crippen molar-refractivity contribution in [3.63, 3.8) is 0 Å². The topological polar surface area (TPSA) is 87.9 Å². The lowest BCUT2D eigenvalue weighted by Gasteiger charge is -2.34. The molecule has 1 N–H and O–H groups in total. The predicted octanol–water partition coefficient (Wildman–Crippen LogP) is 1.83. The van der Waals surface area contributed by atoms with E-state index in [1.165, 1.54) is 32.1 Å². The van der Waals surface area contributed by atoms with Gasteiger partial charge in [-0.15, -0.1) is 0 Å². The molecule has 0 bridgehead atoms. The van der Waals surface area contributed by atoms with E-state index < -0.39 is 0 Å². The Morgan fingerprint density at radius 3 is 2.53 bits per heavy atom. The lowest BCUT2D eigenvalue weighted by atomic mass is 9.98. The summed E-state index contributed by atoms with van der Waals surface area (Å²) < 4.78 is 11.0. The average molecular weight is 421 g/mol. The molecule has 168 valence electrons. The number of amides is 2. The third-order valence-corrected chi connectivity index (χ3v) is 6.15. The molecule has 8 nitrogen and oxygen atoms in total. The van der Waals surface area contributed by atoms with Crippen LogP contribution in [0.2, 0.25) is 0 Å². The molecule has 1 saturated carbocycles. The number of carbonyl (C=O) groups is 2. The lowest BCUT2D eigenvalue weighted by Crippen LogP contribution is -2.51. The van der Waals surface area contributed by atoms with Gasteiger partial charge < -0.3 is 19.5 Å². The highest BCUT2D eigenvalue weighted by Gasteiger charge is 2.24. The molecule has 0 radical (unpaired) electrons. The van der Waals surface area contributed by atoms with E-state index in [9.17, 15) is 9.59 Å². The van der Waals surface area contributed by atoms with Crippen LogP contribution in [0, 0.1) is 13.8 Å². The molecule has 8 heteroatoms. The number of rotatable bonds is 9. The zero-order chi connectivity index (χ0) is 21.3. The van der Waals surface area contributed by atoms with Crippen LogP contribution in [0.3, 0.4) is 0 Å². The summed E-state index contributed by atoms with van der Waals surface area (Å²) in [4.78, 5) is 28.7. The Kier molecular flexibility index (Phi) is 8.69. The highest BCUT2D eigenvalue weighted by Crippen LogP contribution is 2.20. The summed E-state index contributed by atoms with van der Waals surface area (Å²) in [7, 11) is 0. The lowest BCUT2D eigenvalue weighted by molar-refractivity contribution is -0.132. The van der Waals surface area contributed by atoms with E-state index in [1.807, 2.05) is 18.7 Å². The molecule has 2 heterocycles. The highest BCUT2D eigenvalue weighted by molar-refractivity contribution is 5.80. The summed E-state index contributed by atoms with van der Waals surface area (Å²) in [5.74, 6) is 0.843. The van der Waals surface area contributed by atoms with E-state index in [-0.39, 0.29) is 11.8 Å². The molecule has 1 saturated heterocycles. The second kappa shape index (κ2) is 11.5. The van der Waals surface area contributed by atoms with Gasteiger partial charge in [0.2, 0.25) is 11.8 Å². The van der Waals surface area contributed by atoms with Crippen molar-refractivity contribution in [3.8, 4) is 0 Å². The molecule has 0 unspecified atom stereocenters. The molecule has 1 aromatic heterocycles. The van der Waals surface area contributed by atoms with Crippen LogP contribution in [0.4, 0.5) is 0 Å². The number of piperazine rings is 1. The van der Waals surface area contributed by atoms with Crippen molar-refractivity contribution in [1.82, 2.24) is 20.3 Å². The third kappa shape index (κ3) is 6.80. The number of nitrogens with one attached hydrogen (secondary N) is 1. The fourth-order valence-corrected chi connectivity index (χ4v) is 4.21. The Bertz CT molecular complexity index is 672. The van der Waals surface area contributed by atoms with Gasteiger partial charge in [-0.2, -0.15) is 0 Å². The molecule has 2 aliphatic rings. The van der Waals surface area contributed by atoms with Crippen molar-refractivity contribution in [1.29, 1.82) is 0 Å². The second-order valence-electron chi connectivity index (χ2n) is 8.47. The fraction of sp³-hybridized carbons (Fsp3) is 0.773. The monoisotopic (exact) mass is 420 g/mol. The molecule has 0 aromatic carbocycles. The molecule has 30 heavy (non-hydrogen) atoms. The van der Waals surface area contributed by atoms with E-state index in [0.29, 0.717) is 57.6 Å². The number of hydrogen-bond acceptors (Lipinski definition) is 6. The van der Waals surface area contributed by atoms with Gasteiger partial charge in [0.05, 0.1) is 24.8 Å². The van der Waals surface area contributed by atoms with E-state index in [4.69, 9.17) is 9.26 Å². The van der Waals surface area contributed by atoms with E-state index in [1.54, 1.807) is 0 Å². The van der Waals surface area contributed by atoms with Crippen molar-refractivity contribution in [3.05, 3.63) is 17.0 Å². The molecule has 0 spiro atoms. The largest absolute Gasteiger partial charge is 0.378 e. The first kappa shape index (κ1) is 22.7. The first-order valence-electron chi connectivity index (χ1n) is 11.3. The molecule has 1 aliphatic heterocycles. The number of hydrogen-bond donors (Lipinski definition) is 1. The number of ether oxygens (including phenoxy) is 1. The van der Waals surface area contributed by atoms with Crippen LogP contribution in [0.25, 0.3) is 0 Å². The molecule has 1 aliphatic carbocycles. The molecule has 0 atom stereocenters. The Morgan fingerprint density at radius 2 is 1.87 bits per heavy atom. The maximum absolute atomic E-state index is 12.6. The summed E-state index contributed by atoms with van der Waals surface area (Å²) in [5.41, 5.74) is 1.66. The van der Waals surface area contributed by atoms with Crippen molar-refractivity contribution >= 4 is 11.8 Å². The quantitative estimate of drug-likeness (QED) is 0.614. The SMILES string of the molecule is Cc1noc(C)c1CC(=O)N1CCN(CC(=O)NCCCOC2CCCCC2)CC1. The zero-order valence-electron chi connectivity index (χ0n) is 18.5. The Morgan fingerprint density at radius 1 is 1.13 bits per heavy atom. The van der Waals surface area contributed by atoms with Crippen LogP contribution in [-0.4, -0.2) is 78.8 Å². The van der Waals surface area contributed by atoms with Crippen molar-refractivity contribution in [2.45, 2.75) is 64.9 Å². The second-order valence-corrected chi connectivity index (χ2v) is 8.47. The highest BCUT2D eigenvalue weighted by atomic mass is 16.5. The number of carbonyl (C=O) groups excluding carboxylic acids is 2. The van der Waals surface area contributed by atoms with Crippen LogP contribution in [0.15, 0.2) is 4.52 Å². The minimum Gasteiger partial charge on any atom is -0.378 e. The molecule has 2 amide bonds. The standard InChI is InChI=1S/C22H36N4O4/c1-17-20(18(2)30-24-17)15-22(28)26-12-10-25(11-13-26)16-21(27)23-9-6-14-29-19-7-4-3-5-8-19/h19H,3-16H2,1-2H3,(H,23,27). The zero-order valence-corrected chi connectivity index (χ0v) is 18.5. The molecule has 3 rings (SSSR count). The summed E-state index contributed by atoms with van der Waals surface area (Å²) in [5, 5.41) is 6.90. The third-order valence-electron chi connectivity index (χ3n) is 6.15. The maximum atomic E-state index is 12.6. The number of aromatic nitrogens is 1. The van der Waals surface area contributed by atoms with E-state index >= 15 is 0 Å². The number of nitrogens with zero attached hydrogens (tertiary/aromatic N) is 3. The van der Waals surface area contributed by atoms with Gasteiger partial charge in [-0.3, -0.25) is 14.5 Å². The Balaban J connectivity index is 1.26. The molecular formula is C22H36N4O4. The van der Waals surface area contributed by atoms with Gasteiger partial charge in [0.15, 0.2) is 0 Å². The first-order chi connectivity index (χ1) is 14.5. The van der Waals surface area contributed by atoms with Crippen LogP contribution in [-0.2, 0) is 20.7 Å². The van der Waals surface area contributed by atoms with Gasteiger partial charge in [-0.05, 0) is 33.1 Å². The Hall–Kier alpha value is -1.93. The van der Waals surface area contributed by atoms with Gasteiger partial charge in [0, 0.05) is 44.9 Å². The van der Waals surface area contributed by atoms with Gasteiger partial charge in [0.1, 0.15) is 5.76 Å². The van der Waals surface area contributed by atoms with E-state index in [2.05, 4.69) is 15.4 Å². The van der Waals surface area contributed by atoms with Gasteiger partial charge in [-0.25, -0.2) is 0 Å². The summed E-state index contributed by atoms with van der Waals surface area (Å²) in [6.07, 6.45) is 7.85. The normalized spacial score (nSPS) is 18.5. The minimum atomic E-state index is 0.0446. The average Bonchev–Trinajstić information content (AvgIpc) is 3.07. The van der Waals surface area contributed by atoms with Crippen LogP contribution >= 0.6 is 0 Å². The van der Waals surface area contributed by atoms with Crippen molar-refractivity contribution in [2.75, 3.05) is 45.9 Å². The van der Waals surface area contributed by atoms with Crippen molar-refractivity contribution < 1.29 is 18.8 Å². The van der Waals surface area contributed by atoms with Crippen molar-refractivity contribution in [2.24, 2.45) is 0 Å². The van der Waals surface area contributed by atoms with Crippen LogP contribution < -0.4 is 5.32 Å². The predicted molar refractivity (Wildman–Crippen MR) is 113 cm³/mol. The van der Waals surface area contributed by atoms with Crippen LogP contribution in [0.5, 0.6) is 0 Å². The summed E-state index contributed by atoms with van der Waals surface area (Å²) in [6, 6.07) is 0. The van der Waals surface area contributed by atoms with Gasteiger partial charge in [0.25, 0.3) is 0 Å². The first-order valence-corrected chi connectivity index (χ1v) is 11.3. The molecule has 1 aromatic rings. The van der Waals surface area contributed by atoms with Gasteiger partial charge >= 0.3 is 0 Å². The number of aryl methyl sites for hydroxylation is 2. The molecule has 2 fully saturated rings.